The fraction of sp³-hybridized carbons (Fsp3) is 0.550. The van der Waals surface area contributed by atoms with Gasteiger partial charge in [0.15, 0.2) is 0 Å². The lowest BCUT2D eigenvalue weighted by molar-refractivity contribution is -0.143. The number of hydrogen-bond donors (Lipinski definition) is 3. The summed E-state index contributed by atoms with van der Waals surface area (Å²) in [6.07, 6.45) is -0.228. The summed E-state index contributed by atoms with van der Waals surface area (Å²) in [6, 6.07) is 8.27. The zero-order valence-corrected chi connectivity index (χ0v) is 16.4. The number of carboxylic acids is 1. The Morgan fingerprint density at radius 2 is 1.68 bits per heavy atom. The van der Waals surface area contributed by atoms with Crippen molar-refractivity contribution in [2.75, 3.05) is 0 Å². The number of carboxylic acid groups (broad SMARTS) is 1. The fourth-order valence-electron chi connectivity index (χ4n) is 3.10. The Morgan fingerprint density at radius 3 is 2.29 bits per heavy atom. The van der Waals surface area contributed by atoms with Crippen molar-refractivity contribution in [1.82, 2.24) is 10.6 Å². The maximum atomic E-state index is 12.2. The van der Waals surface area contributed by atoms with Gasteiger partial charge >= 0.3 is 18.2 Å². The van der Waals surface area contributed by atoms with Crippen LogP contribution in [0.25, 0.3) is 0 Å². The van der Waals surface area contributed by atoms with E-state index in [1.165, 1.54) is 0 Å². The highest BCUT2D eigenvalue weighted by atomic mass is 16.6. The predicted molar refractivity (Wildman–Crippen MR) is 102 cm³/mol. The first kappa shape index (κ1) is 21.5. The molecule has 154 valence electrons. The molecule has 3 N–H and O–H groups in total. The van der Waals surface area contributed by atoms with E-state index in [4.69, 9.17) is 9.47 Å². The topological polar surface area (TPSA) is 114 Å². The summed E-state index contributed by atoms with van der Waals surface area (Å²) in [6.45, 7) is 5.35. The highest BCUT2D eigenvalue weighted by Gasteiger charge is 2.36. The molecule has 1 aliphatic rings. The van der Waals surface area contributed by atoms with Gasteiger partial charge in [0.2, 0.25) is 0 Å². The second kappa shape index (κ2) is 9.43. The fourth-order valence-corrected chi connectivity index (χ4v) is 3.10. The minimum atomic E-state index is -0.916. The number of amides is 2. The third-order valence-corrected chi connectivity index (χ3v) is 4.42. The molecule has 1 saturated carbocycles. The van der Waals surface area contributed by atoms with E-state index in [0.29, 0.717) is 12.8 Å². The molecular formula is C20H28N2O6. The molecule has 0 heterocycles. The highest BCUT2D eigenvalue weighted by Crippen LogP contribution is 2.25. The number of aliphatic carboxylic acids is 1. The molecule has 1 aromatic rings. The number of carbonyl (C=O) groups excluding carboxylic acids is 2. The maximum Gasteiger partial charge on any atom is 0.407 e. The molecule has 0 unspecified atom stereocenters. The summed E-state index contributed by atoms with van der Waals surface area (Å²) in [7, 11) is 0. The smallest absolute Gasteiger partial charge is 0.407 e. The summed E-state index contributed by atoms with van der Waals surface area (Å²) >= 11 is 0. The van der Waals surface area contributed by atoms with Gasteiger partial charge in [-0.25, -0.2) is 9.59 Å². The van der Waals surface area contributed by atoms with E-state index in [0.717, 1.165) is 5.56 Å². The summed E-state index contributed by atoms with van der Waals surface area (Å²) in [5.41, 5.74) is 0.179. The normalized spacial score (nSPS) is 22.0. The third-order valence-electron chi connectivity index (χ3n) is 4.42. The second-order valence-electron chi connectivity index (χ2n) is 7.91. The van der Waals surface area contributed by atoms with Gasteiger partial charge in [-0.2, -0.15) is 0 Å². The van der Waals surface area contributed by atoms with Crippen LogP contribution in [-0.2, 0) is 20.9 Å². The Bertz CT molecular complexity index is 686. The number of benzene rings is 1. The van der Waals surface area contributed by atoms with Gasteiger partial charge in [-0.05, 0) is 45.6 Å². The summed E-state index contributed by atoms with van der Waals surface area (Å²) in [5, 5.41) is 14.7. The Kier molecular flexibility index (Phi) is 7.25. The molecule has 1 fully saturated rings. The van der Waals surface area contributed by atoms with E-state index in [9.17, 15) is 19.5 Å². The van der Waals surface area contributed by atoms with E-state index >= 15 is 0 Å². The Morgan fingerprint density at radius 1 is 1.04 bits per heavy atom. The van der Waals surface area contributed by atoms with Crippen LogP contribution < -0.4 is 10.6 Å². The van der Waals surface area contributed by atoms with Gasteiger partial charge in [-0.15, -0.1) is 0 Å². The first-order valence-electron chi connectivity index (χ1n) is 9.33. The Hall–Kier alpha value is -2.77. The standard InChI is InChI=1S/C20H28N2O6/c1-20(2,3)28-19(26)22-16-11-14(17(23)24)9-10-15(16)21-18(25)27-12-13-7-5-4-6-8-13/h4-8,14-16H,9-12H2,1-3H3,(H,21,25)(H,22,26)(H,23,24)/t14-,15+,16+/m0/s1. The van der Waals surface area contributed by atoms with E-state index < -0.39 is 41.8 Å². The lowest BCUT2D eigenvalue weighted by atomic mass is 9.82. The van der Waals surface area contributed by atoms with Gasteiger partial charge in [0, 0.05) is 0 Å². The average Bonchev–Trinajstić information content (AvgIpc) is 2.60. The molecule has 0 bridgehead atoms. The van der Waals surface area contributed by atoms with Gasteiger partial charge < -0.3 is 25.2 Å². The van der Waals surface area contributed by atoms with Gasteiger partial charge in [-0.3, -0.25) is 4.79 Å². The van der Waals surface area contributed by atoms with Crippen LogP contribution >= 0.6 is 0 Å². The number of ether oxygens (including phenoxy) is 2. The molecule has 0 spiro atoms. The molecule has 0 radical (unpaired) electrons. The molecule has 0 aliphatic heterocycles. The van der Waals surface area contributed by atoms with E-state index in [2.05, 4.69) is 10.6 Å². The van der Waals surface area contributed by atoms with Crippen LogP contribution in [0.1, 0.15) is 45.6 Å². The summed E-state index contributed by atoms with van der Waals surface area (Å²) < 4.78 is 10.5. The molecule has 28 heavy (non-hydrogen) atoms. The van der Waals surface area contributed by atoms with Crippen LogP contribution in [0.2, 0.25) is 0 Å². The van der Waals surface area contributed by atoms with Crippen molar-refractivity contribution in [1.29, 1.82) is 0 Å². The lowest BCUT2D eigenvalue weighted by Gasteiger charge is -2.35. The van der Waals surface area contributed by atoms with E-state index in [1.807, 2.05) is 30.3 Å². The Labute approximate surface area is 164 Å². The van der Waals surface area contributed by atoms with Gasteiger partial charge in [0.25, 0.3) is 0 Å². The van der Waals surface area contributed by atoms with Crippen molar-refractivity contribution in [3.05, 3.63) is 35.9 Å². The molecule has 3 atom stereocenters. The number of hydrogen-bond acceptors (Lipinski definition) is 5. The van der Waals surface area contributed by atoms with Gasteiger partial charge in [0.05, 0.1) is 18.0 Å². The molecule has 1 aliphatic carbocycles. The van der Waals surface area contributed by atoms with Crippen molar-refractivity contribution in [2.45, 2.75) is 64.3 Å². The minimum Gasteiger partial charge on any atom is -0.481 e. The van der Waals surface area contributed by atoms with Crippen LogP contribution in [0.5, 0.6) is 0 Å². The molecular weight excluding hydrogens is 364 g/mol. The quantitative estimate of drug-likeness (QED) is 0.710. The minimum absolute atomic E-state index is 0.126. The van der Waals surface area contributed by atoms with E-state index in [-0.39, 0.29) is 13.0 Å². The lowest BCUT2D eigenvalue weighted by Crippen LogP contribution is -2.55. The van der Waals surface area contributed by atoms with Crippen LogP contribution in [0.4, 0.5) is 9.59 Å². The largest absolute Gasteiger partial charge is 0.481 e. The molecule has 0 saturated heterocycles. The van der Waals surface area contributed by atoms with Crippen molar-refractivity contribution < 1.29 is 29.0 Å². The van der Waals surface area contributed by atoms with Crippen LogP contribution in [-0.4, -0.2) is 40.9 Å². The van der Waals surface area contributed by atoms with Crippen molar-refractivity contribution >= 4 is 18.2 Å². The first-order chi connectivity index (χ1) is 13.1. The van der Waals surface area contributed by atoms with Crippen molar-refractivity contribution in [3.63, 3.8) is 0 Å². The van der Waals surface area contributed by atoms with E-state index in [1.54, 1.807) is 20.8 Å². The molecule has 2 amide bonds. The van der Waals surface area contributed by atoms with Crippen molar-refractivity contribution in [2.24, 2.45) is 5.92 Å². The van der Waals surface area contributed by atoms with Crippen LogP contribution in [0, 0.1) is 5.92 Å². The molecule has 0 aromatic heterocycles. The summed E-state index contributed by atoms with van der Waals surface area (Å²) in [5.74, 6) is -1.50. The van der Waals surface area contributed by atoms with Gasteiger partial charge in [-0.1, -0.05) is 30.3 Å². The number of alkyl carbamates (subject to hydrolysis) is 2. The van der Waals surface area contributed by atoms with Crippen LogP contribution in [0.15, 0.2) is 30.3 Å². The molecule has 1 aromatic carbocycles. The maximum absolute atomic E-state index is 12.2. The monoisotopic (exact) mass is 392 g/mol. The zero-order chi connectivity index (χ0) is 20.7. The molecule has 8 nitrogen and oxygen atoms in total. The second-order valence-corrected chi connectivity index (χ2v) is 7.91. The average molecular weight is 392 g/mol. The first-order valence-corrected chi connectivity index (χ1v) is 9.33. The number of nitrogens with one attached hydrogen (secondary N) is 2. The molecule has 8 heteroatoms. The Balaban J connectivity index is 1.95. The zero-order valence-electron chi connectivity index (χ0n) is 16.4. The number of carbonyl (C=O) groups is 3. The number of rotatable bonds is 5. The predicted octanol–water partition coefficient (Wildman–Crippen LogP) is 3.06. The van der Waals surface area contributed by atoms with Crippen molar-refractivity contribution in [3.8, 4) is 0 Å². The SMILES string of the molecule is CC(C)(C)OC(=O)N[C@@H]1C[C@@H](C(=O)O)CC[C@H]1NC(=O)OCc1ccccc1. The molecule has 2 rings (SSSR count). The van der Waals surface area contributed by atoms with Crippen LogP contribution in [0.3, 0.4) is 0 Å². The van der Waals surface area contributed by atoms with Gasteiger partial charge in [0.1, 0.15) is 12.2 Å². The third kappa shape index (κ3) is 7.09. The summed E-state index contributed by atoms with van der Waals surface area (Å²) in [4.78, 5) is 35.6. The highest BCUT2D eigenvalue weighted by molar-refractivity contribution is 5.72.